The van der Waals surface area contributed by atoms with Crippen LogP contribution in [0.15, 0.2) is 48.0 Å². The van der Waals surface area contributed by atoms with Crippen LogP contribution in [0.5, 0.6) is 11.5 Å². The summed E-state index contributed by atoms with van der Waals surface area (Å²) in [5, 5.41) is 11.4. The Balaban J connectivity index is 1.86. The summed E-state index contributed by atoms with van der Waals surface area (Å²) in [5.74, 6) is -0.832. The highest BCUT2D eigenvalue weighted by molar-refractivity contribution is 6.46. The first-order valence-corrected chi connectivity index (χ1v) is 11.3. The van der Waals surface area contributed by atoms with Crippen LogP contribution >= 0.6 is 0 Å². The molecule has 2 unspecified atom stereocenters. The molecule has 2 atom stereocenters. The first-order chi connectivity index (χ1) is 16.3. The van der Waals surface area contributed by atoms with E-state index in [1.165, 1.54) is 19.1 Å². The van der Waals surface area contributed by atoms with Crippen molar-refractivity contribution in [2.75, 3.05) is 46.4 Å². The molecule has 0 aliphatic carbocycles. The molecule has 2 aromatic carbocycles. The summed E-state index contributed by atoms with van der Waals surface area (Å²) in [4.78, 5) is 30.0. The number of aliphatic hydroxyl groups is 1. The van der Waals surface area contributed by atoms with Gasteiger partial charge in [-0.2, -0.15) is 0 Å². The first-order valence-electron chi connectivity index (χ1n) is 11.3. The number of hydrogen-bond acceptors (Lipinski definition) is 7. The largest absolute Gasteiger partial charge is 0.507 e. The van der Waals surface area contributed by atoms with E-state index >= 15 is 0 Å². The maximum absolute atomic E-state index is 13.3. The van der Waals surface area contributed by atoms with Gasteiger partial charge in [-0.1, -0.05) is 12.1 Å². The second kappa shape index (κ2) is 9.77. The van der Waals surface area contributed by atoms with Crippen molar-refractivity contribution in [3.63, 3.8) is 0 Å². The predicted octanol–water partition coefficient (Wildman–Crippen LogP) is 3.37. The number of methoxy groups -OCH3 is 2. The van der Waals surface area contributed by atoms with Crippen molar-refractivity contribution in [2.24, 2.45) is 0 Å². The van der Waals surface area contributed by atoms with Gasteiger partial charge in [-0.05, 0) is 48.7 Å². The van der Waals surface area contributed by atoms with Crippen LogP contribution in [-0.2, 0) is 14.3 Å². The van der Waals surface area contributed by atoms with E-state index in [1.54, 1.807) is 18.2 Å². The Hall–Kier alpha value is -3.52. The molecule has 2 fully saturated rings. The number of carbonyl (C=O) groups is 2. The molecular weight excluding hydrogens is 436 g/mol. The number of benzene rings is 2. The standard InChI is InChI=1S/C26H30N2O6/c1-27(2)17-9-7-16(8-10-17)23-22(24(29)20-14-18(32-3)11-12-21(20)33-4)25(30)26(31)28(23)15-19-6-5-13-34-19/h7-12,14,19,23,29H,5-6,13,15H2,1-4H3/b24-22+. The number of nitrogens with zero attached hydrogens (tertiary/aromatic N) is 2. The molecule has 1 amide bonds. The Bertz CT molecular complexity index is 1100. The Kier molecular flexibility index (Phi) is 6.79. The van der Waals surface area contributed by atoms with Crippen molar-refractivity contribution >= 4 is 23.1 Å². The Labute approximate surface area is 199 Å². The third kappa shape index (κ3) is 4.33. The normalized spacial score (nSPS) is 21.7. The monoisotopic (exact) mass is 466 g/mol. The quantitative estimate of drug-likeness (QED) is 0.380. The van der Waals surface area contributed by atoms with E-state index in [4.69, 9.17) is 14.2 Å². The molecule has 2 aliphatic rings. The number of ketones is 1. The highest BCUT2D eigenvalue weighted by atomic mass is 16.5. The van der Waals surface area contributed by atoms with Gasteiger partial charge in [-0.15, -0.1) is 0 Å². The topological polar surface area (TPSA) is 88.5 Å². The van der Waals surface area contributed by atoms with Crippen molar-refractivity contribution in [3.05, 3.63) is 59.2 Å². The number of likely N-dealkylation sites (tertiary alicyclic amines) is 1. The van der Waals surface area contributed by atoms with E-state index < -0.39 is 17.7 Å². The molecule has 2 heterocycles. The Morgan fingerprint density at radius 1 is 1.12 bits per heavy atom. The summed E-state index contributed by atoms with van der Waals surface area (Å²) in [5.41, 5.74) is 2.01. The van der Waals surface area contributed by atoms with Crippen LogP contribution in [0.4, 0.5) is 5.69 Å². The van der Waals surface area contributed by atoms with Gasteiger partial charge in [0.2, 0.25) is 0 Å². The second-order valence-electron chi connectivity index (χ2n) is 8.64. The Morgan fingerprint density at radius 2 is 1.85 bits per heavy atom. The lowest BCUT2D eigenvalue weighted by Gasteiger charge is -2.28. The third-order valence-electron chi connectivity index (χ3n) is 6.35. The molecule has 8 heteroatoms. The van der Waals surface area contributed by atoms with Gasteiger partial charge in [0, 0.05) is 32.9 Å². The summed E-state index contributed by atoms with van der Waals surface area (Å²) < 4.78 is 16.5. The average Bonchev–Trinajstić information content (AvgIpc) is 3.45. The van der Waals surface area contributed by atoms with Crippen LogP contribution in [-0.4, -0.2) is 69.3 Å². The fraction of sp³-hybridized carbons (Fsp3) is 0.385. The highest BCUT2D eigenvalue weighted by Crippen LogP contribution is 2.42. The summed E-state index contributed by atoms with van der Waals surface area (Å²) in [6.45, 7) is 0.911. The SMILES string of the molecule is COc1ccc(OC)c(/C(O)=C2\C(=O)C(=O)N(CC3CCCO3)C2c2ccc(N(C)C)cc2)c1. The van der Waals surface area contributed by atoms with Gasteiger partial charge in [-0.3, -0.25) is 9.59 Å². The van der Waals surface area contributed by atoms with E-state index in [0.717, 1.165) is 24.1 Å². The highest BCUT2D eigenvalue weighted by Gasteiger charge is 2.47. The minimum atomic E-state index is -0.753. The molecule has 0 spiro atoms. The number of carbonyl (C=O) groups excluding carboxylic acids is 2. The molecular formula is C26H30N2O6. The molecule has 2 saturated heterocycles. The van der Waals surface area contributed by atoms with Crippen molar-refractivity contribution in [3.8, 4) is 11.5 Å². The second-order valence-corrected chi connectivity index (χ2v) is 8.64. The lowest BCUT2D eigenvalue weighted by Crippen LogP contribution is -2.36. The van der Waals surface area contributed by atoms with Gasteiger partial charge < -0.3 is 29.1 Å². The van der Waals surface area contributed by atoms with Gasteiger partial charge in [0.05, 0.1) is 37.5 Å². The van der Waals surface area contributed by atoms with Crippen LogP contribution in [0.2, 0.25) is 0 Å². The zero-order valence-corrected chi connectivity index (χ0v) is 19.9. The average molecular weight is 467 g/mol. The molecule has 2 aromatic rings. The number of anilines is 1. The van der Waals surface area contributed by atoms with Crippen LogP contribution in [0.25, 0.3) is 5.76 Å². The minimum absolute atomic E-state index is 0.0205. The van der Waals surface area contributed by atoms with E-state index in [1.807, 2.05) is 43.3 Å². The van der Waals surface area contributed by atoms with Gasteiger partial charge in [-0.25, -0.2) is 0 Å². The molecule has 4 rings (SSSR count). The van der Waals surface area contributed by atoms with Gasteiger partial charge in [0.25, 0.3) is 11.7 Å². The maximum atomic E-state index is 13.3. The van der Waals surface area contributed by atoms with Crippen molar-refractivity contribution in [2.45, 2.75) is 25.0 Å². The number of aliphatic hydroxyl groups excluding tert-OH is 1. The number of hydrogen-bond donors (Lipinski definition) is 1. The van der Waals surface area contributed by atoms with Crippen molar-refractivity contribution in [1.82, 2.24) is 4.90 Å². The van der Waals surface area contributed by atoms with Crippen molar-refractivity contribution in [1.29, 1.82) is 0 Å². The van der Waals surface area contributed by atoms with Gasteiger partial charge in [0.15, 0.2) is 0 Å². The summed E-state index contributed by atoms with van der Waals surface area (Å²) in [6, 6.07) is 11.8. The fourth-order valence-electron chi connectivity index (χ4n) is 4.52. The van der Waals surface area contributed by atoms with E-state index in [0.29, 0.717) is 18.1 Å². The van der Waals surface area contributed by atoms with E-state index in [9.17, 15) is 14.7 Å². The molecule has 8 nitrogen and oxygen atoms in total. The van der Waals surface area contributed by atoms with Gasteiger partial charge in [0.1, 0.15) is 17.3 Å². The van der Waals surface area contributed by atoms with Crippen LogP contribution in [0, 0.1) is 0 Å². The summed E-state index contributed by atoms with van der Waals surface area (Å²) in [6.07, 6.45) is 1.59. The lowest BCUT2D eigenvalue weighted by molar-refractivity contribution is -0.140. The first kappa shape index (κ1) is 23.6. The number of Topliss-reactive ketones (excluding diaryl/α,β-unsaturated/α-hetero) is 1. The smallest absolute Gasteiger partial charge is 0.295 e. The summed E-state index contributed by atoms with van der Waals surface area (Å²) in [7, 11) is 6.87. The van der Waals surface area contributed by atoms with Crippen LogP contribution in [0.3, 0.4) is 0 Å². The molecule has 180 valence electrons. The van der Waals surface area contributed by atoms with Gasteiger partial charge >= 0.3 is 0 Å². The number of ether oxygens (including phenoxy) is 3. The number of rotatable bonds is 7. The lowest BCUT2D eigenvalue weighted by atomic mass is 9.94. The van der Waals surface area contributed by atoms with Crippen LogP contribution in [0.1, 0.15) is 30.0 Å². The zero-order valence-electron chi connectivity index (χ0n) is 19.9. The molecule has 2 aliphatic heterocycles. The molecule has 1 N–H and O–H groups in total. The minimum Gasteiger partial charge on any atom is -0.507 e. The third-order valence-corrected chi connectivity index (χ3v) is 6.35. The summed E-state index contributed by atoms with van der Waals surface area (Å²) >= 11 is 0. The fourth-order valence-corrected chi connectivity index (χ4v) is 4.52. The maximum Gasteiger partial charge on any atom is 0.295 e. The molecule has 0 saturated carbocycles. The molecule has 0 aromatic heterocycles. The predicted molar refractivity (Wildman–Crippen MR) is 128 cm³/mol. The molecule has 0 radical (unpaired) electrons. The zero-order chi connectivity index (χ0) is 24.4. The molecule has 34 heavy (non-hydrogen) atoms. The Morgan fingerprint density at radius 3 is 2.44 bits per heavy atom. The molecule has 0 bridgehead atoms. The van der Waals surface area contributed by atoms with Crippen LogP contribution < -0.4 is 14.4 Å². The van der Waals surface area contributed by atoms with E-state index in [2.05, 4.69) is 0 Å². The number of amides is 1. The van der Waals surface area contributed by atoms with E-state index in [-0.39, 0.29) is 29.5 Å². The van der Waals surface area contributed by atoms with Crippen molar-refractivity contribution < 1.29 is 28.9 Å².